The van der Waals surface area contributed by atoms with E-state index in [1.807, 2.05) is 26.8 Å². The Morgan fingerprint density at radius 3 is 2.71 bits per heavy atom. The molecular formula is C16H24ClNO3. The fourth-order valence-electron chi connectivity index (χ4n) is 1.85. The Labute approximate surface area is 131 Å². The summed E-state index contributed by atoms with van der Waals surface area (Å²) in [5, 5.41) is 2.08. The largest absolute Gasteiger partial charge is 0.382 e. The van der Waals surface area contributed by atoms with Gasteiger partial charge in [0, 0.05) is 24.7 Å². The van der Waals surface area contributed by atoms with Gasteiger partial charge in [-0.25, -0.2) is 0 Å². The number of ether oxygens (including phenoxy) is 1. The van der Waals surface area contributed by atoms with Crippen LogP contribution in [0.25, 0.3) is 0 Å². The number of benzene rings is 1. The molecular weight excluding hydrogens is 290 g/mol. The van der Waals surface area contributed by atoms with Gasteiger partial charge in [0.2, 0.25) is 0 Å². The van der Waals surface area contributed by atoms with Gasteiger partial charge >= 0.3 is 0 Å². The lowest BCUT2D eigenvalue weighted by atomic mass is 10.2. The first-order valence-corrected chi connectivity index (χ1v) is 7.78. The summed E-state index contributed by atoms with van der Waals surface area (Å²) in [7, 11) is 0. The minimum absolute atomic E-state index is 0.0108. The number of amides is 1. The molecule has 4 nitrogen and oxygen atoms in total. The molecule has 0 bridgehead atoms. The average molecular weight is 314 g/mol. The lowest BCUT2D eigenvalue weighted by Gasteiger charge is -2.23. The van der Waals surface area contributed by atoms with Crippen molar-refractivity contribution in [3.63, 3.8) is 0 Å². The number of carbonyl (C=O) groups excluding carboxylic acids is 1. The van der Waals surface area contributed by atoms with Gasteiger partial charge in [0.1, 0.15) is 0 Å². The Morgan fingerprint density at radius 1 is 1.33 bits per heavy atom. The summed E-state index contributed by atoms with van der Waals surface area (Å²) in [5.74, 6) is 0.642. The molecule has 0 fully saturated rings. The van der Waals surface area contributed by atoms with Crippen molar-refractivity contribution in [1.82, 2.24) is 5.06 Å². The molecule has 0 N–H and O–H groups in total. The van der Waals surface area contributed by atoms with E-state index in [2.05, 4.69) is 0 Å². The van der Waals surface area contributed by atoms with Crippen molar-refractivity contribution in [3.05, 3.63) is 28.8 Å². The lowest BCUT2D eigenvalue weighted by molar-refractivity contribution is -0.158. The first-order chi connectivity index (χ1) is 10.1. The third-order valence-corrected chi connectivity index (χ3v) is 3.18. The second-order valence-electron chi connectivity index (χ2n) is 4.80. The van der Waals surface area contributed by atoms with Crippen LogP contribution in [0, 0.1) is 6.92 Å². The topological polar surface area (TPSA) is 38.8 Å². The number of hydrogen-bond acceptors (Lipinski definition) is 3. The normalized spacial score (nSPS) is 10.5. The maximum absolute atomic E-state index is 12.1. The zero-order valence-corrected chi connectivity index (χ0v) is 13.8. The van der Waals surface area contributed by atoms with Crippen LogP contribution in [-0.4, -0.2) is 30.7 Å². The number of nitrogens with zero attached hydrogens (tertiary/aromatic N) is 1. The molecule has 0 spiro atoms. The predicted molar refractivity (Wildman–Crippen MR) is 84.5 cm³/mol. The van der Waals surface area contributed by atoms with Crippen molar-refractivity contribution in [2.75, 3.05) is 19.8 Å². The van der Waals surface area contributed by atoms with Gasteiger partial charge in [0.05, 0.1) is 6.54 Å². The minimum atomic E-state index is -0.0108. The third-order valence-electron chi connectivity index (χ3n) is 2.94. The van der Waals surface area contributed by atoms with Gasteiger partial charge in [-0.2, -0.15) is 5.06 Å². The molecule has 118 valence electrons. The first-order valence-electron chi connectivity index (χ1n) is 7.40. The lowest BCUT2D eigenvalue weighted by Crippen LogP contribution is -2.35. The van der Waals surface area contributed by atoms with Crippen molar-refractivity contribution in [3.8, 4) is 5.75 Å². The second-order valence-corrected chi connectivity index (χ2v) is 5.23. The van der Waals surface area contributed by atoms with Gasteiger partial charge in [0.25, 0.3) is 5.91 Å². The van der Waals surface area contributed by atoms with E-state index >= 15 is 0 Å². The number of halogens is 1. The molecule has 0 aliphatic rings. The molecule has 0 atom stereocenters. The zero-order chi connectivity index (χ0) is 15.7. The fourth-order valence-corrected chi connectivity index (χ4v) is 2.07. The highest BCUT2D eigenvalue weighted by Crippen LogP contribution is 2.23. The average Bonchev–Trinajstić information content (AvgIpc) is 2.44. The number of hydroxylamine groups is 2. The maximum atomic E-state index is 12.1. The molecule has 21 heavy (non-hydrogen) atoms. The third kappa shape index (κ3) is 6.36. The van der Waals surface area contributed by atoms with Crippen molar-refractivity contribution in [2.45, 2.75) is 40.0 Å². The minimum Gasteiger partial charge on any atom is -0.382 e. The van der Waals surface area contributed by atoms with Crippen molar-refractivity contribution < 1.29 is 14.4 Å². The molecule has 0 saturated heterocycles. The standard InChI is InChI=1S/C16H24ClNO3/c1-4-7-16(19)18(10-6-11-20-5-2)21-15-9-8-14(17)12-13(15)3/h8-9,12H,4-7,10-11H2,1-3H3. The van der Waals surface area contributed by atoms with E-state index in [1.165, 1.54) is 5.06 Å². The smallest absolute Gasteiger partial charge is 0.255 e. The van der Waals surface area contributed by atoms with Gasteiger partial charge in [-0.1, -0.05) is 18.5 Å². The number of aryl methyl sites for hydroxylation is 1. The van der Waals surface area contributed by atoms with Gasteiger partial charge in [-0.15, -0.1) is 0 Å². The van der Waals surface area contributed by atoms with Gasteiger partial charge in [0.15, 0.2) is 5.75 Å². The van der Waals surface area contributed by atoms with Crippen molar-refractivity contribution >= 4 is 17.5 Å². The Kier molecular flexibility index (Phi) is 8.16. The van der Waals surface area contributed by atoms with Crippen LogP contribution in [0.2, 0.25) is 5.02 Å². The monoisotopic (exact) mass is 313 g/mol. The SMILES string of the molecule is CCCC(=O)N(CCCOCC)Oc1ccc(Cl)cc1C. The highest BCUT2D eigenvalue weighted by Gasteiger charge is 2.15. The summed E-state index contributed by atoms with van der Waals surface area (Å²) in [6.07, 6.45) is 2.01. The van der Waals surface area contributed by atoms with E-state index in [0.717, 1.165) is 18.4 Å². The molecule has 0 radical (unpaired) electrons. The van der Waals surface area contributed by atoms with Gasteiger partial charge in [-0.3, -0.25) is 4.79 Å². The van der Waals surface area contributed by atoms with Crippen LogP contribution in [0.4, 0.5) is 0 Å². The van der Waals surface area contributed by atoms with Crippen LogP contribution in [-0.2, 0) is 9.53 Å². The van der Waals surface area contributed by atoms with Crippen LogP contribution >= 0.6 is 11.6 Å². The van der Waals surface area contributed by atoms with Crippen LogP contribution in [0.1, 0.15) is 38.7 Å². The van der Waals surface area contributed by atoms with Gasteiger partial charge in [-0.05, 0) is 50.5 Å². The van der Waals surface area contributed by atoms with Crippen LogP contribution < -0.4 is 4.84 Å². The Morgan fingerprint density at radius 2 is 2.10 bits per heavy atom. The molecule has 0 unspecified atom stereocenters. The highest BCUT2D eigenvalue weighted by atomic mass is 35.5. The van der Waals surface area contributed by atoms with E-state index in [-0.39, 0.29) is 5.91 Å². The van der Waals surface area contributed by atoms with Crippen molar-refractivity contribution in [2.24, 2.45) is 0 Å². The zero-order valence-electron chi connectivity index (χ0n) is 13.0. The Balaban J connectivity index is 2.68. The summed E-state index contributed by atoms with van der Waals surface area (Å²) >= 11 is 5.93. The molecule has 0 heterocycles. The Hall–Kier alpha value is -1.26. The number of hydrogen-bond donors (Lipinski definition) is 0. The molecule has 0 aliphatic carbocycles. The number of rotatable bonds is 9. The van der Waals surface area contributed by atoms with Crippen molar-refractivity contribution in [1.29, 1.82) is 0 Å². The highest BCUT2D eigenvalue weighted by molar-refractivity contribution is 6.30. The molecule has 0 saturated carbocycles. The summed E-state index contributed by atoms with van der Waals surface area (Å²) in [5.41, 5.74) is 0.904. The molecule has 1 aromatic carbocycles. The predicted octanol–water partition coefficient (Wildman–Crippen LogP) is 4.00. The van der Waals surface area contributed by atoms with Gasteiger partial charge < -0.3 is 9.57 Å². The Bertz CT molecular complexity index is 451. The maximum Gasteiger partial charge on any atom is 0.255 e. The molecule has 1 amide bonds. The molecule has 1 aromatic rings. The second kappa shape index (κ2) is 9.64. The first kappa shape index (κ1) is 17.8. The van der Waals surface area contributed by atoms with Crippen LogP contribution in [0.5, 0.6) is 5.75 Å². The fraction of sp³-hybridized carbons (Fsp3) is 0.562. The van der Waals surface area contributed by atoms with Crippen LogP contribution in [0.15, 0.2) is 18.2 Å². The summed E-state index contributed by atoms with van der Waals surface area (Å²) < 4.78 is 5.30. The number of carbonyl (C=O) groups is 1. The van der Waals surface area contributed by atoms with E-state index in [4.69, 9.17) is 21.2 Å². The quantitative estimate of drug-likeness (QED) is 0.511. The summed E-state index contributed by atoms with van der Waals surface area (Å²) in [6.45, 7) is 7.65. The molecule has 5 heteroatoms. The molecule has 1 rings (SSSR count). The summed E-state index contributed by atoms with van der Waals surface area (Å²) in [6, 6.07) is 5.36. The van der Waals surface area contributed by atoms with E-state index in [1.54, 1.807) is 12.1 Å². The van der Waals surface area contributed by atoms with E-state index in [0.29, 0.717) is 37.0 Å². The molecule has 0 aromatic heterocycles. The van der Waals surface area contributed by atoms with E-state index < -0.39 is 0 Å². The van der Waals surface area contributed by atoms with Crippen LogP contribution in [0.3, 0.4) is 0 Å². The molecule has 0 aliphatic heterocycles. The summed E-state index contributed by atoms with van der Waals surface area (Å²) in [4.78, 5) is 17.9. The van der Waals surface area contributed by atoms with E-state index in [9.17, 15) is 4.79 Å².